The summed E-state index contributed by atoms with van der Waals surface area (Å²) in [4.78, 5) is 25.4. The number of hydrogen-bond acceptors (Lipinski definition) is 6. The summed E-state index contributed by atoms with van der Waals surface area (Å²) in [7, 11) is 4.09. The lowest BCUT2D eigenvalue weighted by atomic mass is 10.0. The molecule has 3 rings (SSSR count). The Kier molecular flexibility index (Phi) is 6.24. The fourth-order valence-electron chi connectivity index (χ4n) is 3.41. The van der Waals surface area contributed by atoms with Crippen LogP contribution in [0.25, 0.3) is 0 Å². The summed E-state index contributed by atoms with van der Waals surface area (Å²) in [5.41, 5.74) is 1.10. The van der Waals surface area contributed by atoms with E-state index in [1.54, 1.807) is 18.5 Å². The van der Waals surface area contributed by atoms with Gasteiger partial charge >= 0.3 is 0 Å². The van der Waals surface area contributed by atoms with E-state index in [-0.39, 0.29) is 18.6 Å². The van der Waals surface area contributed by atoms with Crippen LogP contribution < -0.4 is 15.0 Å². The number of nitrogens with zero attached hydrogens (tertiary/aromatic N) is 4. The first-order chi connectivity index (χ1) is 13.0. The van der Waals surface area contributed by atoms with Gasteiger partial charge in [0, 0.05) is 37.9 Å². The highest BCUT2D eigenvalue weighted by atomic mass is 16.5. The maximum absolute atomic E-state index is 12.4. The van der Waals surface area contributed by atoms with Crippen LogP contribution in [0.15, 0.2) is 42.7 Å². The number of rotatable bonds is 7. The predicted molar refractivity (Wildman–Crippen MR) is 105 cm³/mol. The number of carbonyl (C=O) groups is 1. The van der Waals surface area contributed by atoms with Crippen LogP contribution in [-0.2, 0) is 4.79 Å². The zero-order chi connectivity index (χ0) is 19.2. The Morgan fingerprint density at radius 3 is 2.74 bits per heavy atom. The van der Waals surface area contributed by atoms with Crippen LogP contribution in [0.2, 0.25) is 0 Å². The molecule has 1 amide bonds. The van der Waals surface area contributed by atoms with Crippen LogP contribution in [0, 0.1) is 12.8 Å². The van der Waals surface area contributed by atoms with Gasteiger partial charge in [0.05, 0.1) is 6.04 Å². The number of nitrogens with one attached hydrogen (secondary N) is 1. The lowest BCUT2D eigenvalue weighted by Crippen LogP contribution is -2.45. The van der Waals surface area contributed by atoms with E-state index in [2.05, 4.69) is 25.1 Å². The van der Waals surface area contributed by atoms with Crippen molar-refractivity contribution in [3.8, 4) is 5.75 Å². The lowest BCUT2D eigenvalue weighted by Gasteiger charge is -2.22. The molecule has 1 aromatic carbocycles. The fourth-order valence-corrected chi connectivity index (χ4v) is 3.41. The highest BCUT2D eigenvalue weighted by Crippen LogP contribution is 2.21. The summed E-state index contributed by atoms with van der Waals surface area (Å²) in [5.74, 6) is 1.60. The van der Waals surface area contributed by atoms with Gasteiger partial charge in [-0.05, 0) is 44.8 Å². The van der Waals surface area contributed by atoms with E-state index in [9.17, 15) is 4.79 Å². The van der Waals surface area contributed by atoms with Crippen LogP contribution >= 0.6 is 0 Å². The minimum absolute atomic E-state index is 0.0104. The molecule has 0 bridgehead atoms. The first kappa shape index (κ1) is 19.1. The number of benzene rings is 1. The number of carbonyl (C=O) groups excluding carboxylic acids is 1. The van der Waals surface area contributed by atoms with Gasteiger partial charge in [-0.15, -0.1) is 0 Å². The number of anilines is 1. The molecule has 1 aromatic heterocycles. The summed E-state index contributed by atoms with van der Waals surface area (Å²) in [6, 6.07) is 9.54. The standard InChI is InChI=1S/C20H27N5O2/c1-15-6-4-7-17(10-15)27-14-19(26)23-18-13-25(12-16(18)11-24(2)3)20-21-8-5-9-22-20/h4-10,16,18H,11-14H2,1-3H3,(H,23,26)/t16-,18-/m1/s1. The molecule has 7 nitrogen and oxygen atoms in total. The van der Waals surface area contributed by atoms with Gasteiger partial charge in [0.1, 0.15) is 5.75 Å². The molecule has 1 N–H and O–H groups in total. The number of ether oxygens (including phenoxy) is 1. The van der Waals surface area contributed by atoms with Crippen LogP contribution in [-0.4, -0.2) is 67.2 Å². The largest absolute Gasteiger partial charge is 0.484 e. The summed E-state index contributed by atoms with van der Waals surface area (Å²) in [5, 5.41) is 3.13. The van der Waals surface area contributed by atoms with E-state index < -0.39 is 0 Å². The molecule has 0 aliphatic carbocycles. The molecular weight excluding hydrogens is 342 g/mol. The van der Waals surface area contributed by atoms with E-state index >= 15 is 0 Å². The zero-order valence-electron chi connectivity index (χ0n) is 16.1. The van der Waals surface area contributed by atoms with Crippen molar-refractivity contribution in [2.24, 2.45) is 5.92 Å². The Morgan fingerprint density at radius 1 is 1.26 bits per heavy atom. The molecule has 0 saturated carbocycles. The van der Waals surface area contributed by atoms with E-state index in [4.69, 9.17) is 4.74 Å². The van der Waals surface area contributed by atoms with Crippen molar-refractivity contribution < 1.29 is 9.53 Å². The van der Waals surface area contributed by atoms with Gasteiger partial charge in [0.2, 0.25) is 5.95 Å². The third-order valence-corrected chi connectivity index (χ3v) is 4.58. The number of aromatic nitrogens is 2. The molecule has 1 fully saturated rings. The number of hydrogen-bond donors (Lipinski definition) is 1. The Hall–Kier alpha value is -2.67. The highest BCUT2D eigenvalue weighted by Gasteiger charge is 2.35. The normalized spacial score (nSPS) is 19.3. The summed E-state index contributed by atoms with van der Waals surface area (Å²) in [6.07, 6.45) is 3.48. The lowest BCUT2D eigenvalue weighted by molar-refractivity contribution is -0.124. The molecule has 0 radical (unpaired) electrons. The molecular formula is C20H27N5O2. The quantitative estimate of drug-likeness (QED) is 0.794. The maximum Gasteiger partial charge on any atom is 0.258 e. The molecule has 27 heavy (non-hydrogen) atoms. The van der Waals surface area contributed by atoms with Crippen LogP contribution in [0.1, 0.15) is 5.56 Å². The van der Waals surface area contributed by atoms with Crippen molar-refractivity contribution in [2.75, 3.05) is 45.2 Å². The summed E-state index contributed by atoms with van der Waals surface area (Å²) in [6.45, 7) is 4.39. The minimum atomic E-state index is -0.110. The SMILES string of the molecule is Cc1cccc(OCC(=O)N[C@@H]2CN(c3ncccn3)C[C@H]2CN(C)C)c1. The van der Waals surface area contributed by atoms with E-state index in [1.807, 2.05) is 45.3 Å². The molecule has 0 spiro atoms. The van der Waals surface area contributed by atoms with Crippen molar-refractivity contribution in [1.29, 1.82) is 0 Å². The molecule has 0 unspecified atom stereocenters. The Balaban J connectivity index is 1.59. The van der Waals surface area contributed by atoms with Gasteiger partial charge in [-0.3, -0.25) is 4.79 Å². The fraction of sp³-hybridized carbons (Fsp3) is 0.450. The van der Waals surface area contributed by atoms with Gasteiger partial charge in [-0.2, -0.15) is 0 Å². The second-order valence-corrected chi connectivity index (χ2v) is 7.26. The van der Waals surface area contributed by atoms with Crippen molar-refractivity contribution in [1.82, 2.24) is 20.2 Å². The Labute approximate surface area is 160 Å². The van der Waals surface area contributed by atoms with Crippen molar-refractivity contribution >= 4 is 11.9 Å². The molecule has 1 aliphatic heterocycles. The third-order valence-electron chi connectivity index (χ3n) is 4.58. The van der Waals surface area contributed by atoms with Crippen LogP contribution in [0.5, 0.6) is 5.75 Å². The molecule has 2 heterocycles. The van der Waals surface area contributed by atoms with Gasteiger partial charge in [-0.25, -0.2) is 9.97 Å². The second kappa shape index (κ2) is 8.81. The van der Waals surface area contributed by atoms with Crippen molar-refractivity contribution in [3.05, 3.63) is 48.3 Å². The molecule has 2 atom stereocenters. The third kappa shape index (κ3) is 5.40. The van der Waals surface area contributed by atoms with Crippen molar-refractivity contribution in [3.63, 3.8) is 0 Å². The second-order valence-electron chi connectivity index (χ2n) is 7.26. The monoisotopic (exact) mass is 369 g/mol. The van der Waals surface area contributed by atoms with Gasteiger partial charge in [0.15, 0.2) is 6.61 Å². The van der Waals surface area contributed by atoms with Crippen LogP contribution in [0.4, 0.5) is 5.95 Å². The van der Waals surface area contributed by atoms with E-state index in [0.29, 0.717) is 24.2 Å². The first-order valence-electron chi connectivity index (χ1n) is 9.17. The summed E-state index contributed by atoms with van der Waals surface area (Å²) >= 11 is 0. The Bertz CT molecular complexity index is 753. The predicted octanol–water partition coefficient (Wildman–Crippen LogP) is 1.35. The minimum Gasteiger partial charge on any atom is -0.484 e. The van der Waals surface area contributed by atoms with Crippen molar-refractivity contribution in [2.45, 2.75) is 13.0 Å². The topological polar surface area (TPSA) is 70.6 Å². The molecule has 1 aliphatic rings. The number of amides is 1. The summed E-state index contributed by atoms with van der Waals surface area (Å²) < 4.78 is 5.63. The average molecular weight is 369 g/mol. The van der Waals surface area contributed by atoms with Gasteiger partial charge in [0.25, 0.3) is 5.91 Å². The molecule has 144 valence electrons. The van der Waals surface area contributed by atoms with Gasteiger partial charge in [-0.1, -0.05) is 12.1 Å². The highest BCUT2D eigenvalue weighted by molar-refractivity contribution is 5.78. The average Bonchev–Trinajstić information content (AvgIpc) is 3.02. The zero-order valence-corrected chi connectivity index (χ0v) is 16.1. The number of aryl methyl sites for hydroxylation is 1. The molecule has 1 saturated heterocycles. The molecule has 2 aromatic rings. The van der Waals surface area contributed by atoms with Crippen LogP contribution in [0.3, 0.4) is 0 Å². The maximum atomic E-state index is 12.4. The molecule has 7 heteroatoms. The first-order valence-corrected chi connectivity index (χ1v) is 9.17. The van der Waals surface area contributed by atoms with Gasteiger partial charge < -0.3 is 19.9 Å². The smallest absolute Gasteiger partial charge is 0.258 e. The van der Waals surface area contributed by atoms with E-state index in [1.165, 1.54) is 0 Å². The van der Waals surface area contributed by atoms with E-state index in [0.717, 1.165) is 18.7 Å². The Morgan fingerprint density at radius 2 is 2.04 bits per heavy atom.